The van der Waals surface area contributed by atoms with Crippen LogP contribution in [0.4, 0.5) is 5.69 Å². The fourth-order valence-electron chi connectivity index (χ4n) is 1.58. The smallest absolute Gasteiger partial charge is 0.242 e. The standard InChI is InChI=1S/C12H21N3O2S/c1-3-13-9-10-14-11-7-5-6-8-12(11)18(16,17)15-4-2/h5-8,13-15H,3-4,9-10H2,1-2H3. The maximum atomic E-state index is 12.0. The molecule has 0 spiro atoms. The predicted octanol–water partition coefficient (Wildman–Crippen LogP) is 1.01. The van der Waals surface area contributed by atoms with E-state index in [1.165, 1.54) is 0 Å². The van der Waals surface area contributed by atoms with Crippen LogP contribution in [0.15, 0.2) is 29.2 Å². The van der Waals surface area contributed by atoms with E-state index in [1.807, 2.05) is 13.0 Å². The van der Waals surface area contributed by atoms with Crippen molar-refractivity contribution in [3.63, 3.8) is 0 Å². The van der Waals surface area contributed by atoms with Gasteiger partial charge in [0.25, 0.3) is 0 Å². The number of para-hydroxylation sites is 1. The van der Waals surface area contributed by atoms with Crippen molar-refractivity contribution in [2.24, 2.45) is 0 Å². The summed E-state index contributed by atoms with van der Waals surface area (Å²) in [7, 11) is -3.42. The third-order valence-electron chi connectivity index (χ3n) is 2.38. The number of hydrogen-bond donors (Lipinski definition) is 3. The average molecular weight is 271 g/mol. The number of sulfonamides is 1. The lowest BCUT2D eigenvalue weighted by Crippen LogP contribution is -2.26. The molecular weight excluding hydrogens is 250 g/mol. The van der Waals surface area contributed by atoms with Gasteiger partial charge in [-0.15, -0.1) is 0 Å². The highest BCUT2D eigenvalue weighted by molar-refractivity contribution is 7.89. The van der Waals surface area contributed by atoms with Gasteiger partial charge in [-0.05, 0) is 18.7 Å². The first-order valence-corrected chi connectivity index (χ1v) is 7.63. The van der Waals surface area contributed by atoms with Crippen LogP contribution in [-0.4, -0.2) is 34.6 Å². The molecule has 0 aromatic heterocycles. The van der Waals surface area contributed by atoms with Gasteiger partial charge in [0.15, 0.2) is 0 Å². The summed E-state index contributed by atoms with van der Waals surface area (Å²) in [5.74, 6) is 0. The van der Waals surface area contributed by atoms with Gasteiger partial charge in [-0.3, -0.25) is 0 Å². The van der Waals surface area contributed by atoms with Crippen molar-refractivity contribution in [1.29, 1.82) is 0 Å². The van der Waals surface area contributed by atoms with Crippen LogP contribution in [0, 0.1) is 0 Å². The van der Waals surface area contributed by atoms with E-state index in [0.29, 0.717) is 23.7 Å². The van der Waals surface area contributed by atoms with Gasteiger partial charge in [-0.1, -0.05) is 26.0 Å². The zero-order valence-corrected chi connectivity index (χ0v) is 11.7. The summed E-state index contributed by atoms with van der Waals surface area (Å²) in [5.41, 5.74) is 0.636. The van der Waals surface area contributed by atoms with E-state index in [-0.39, 0.29) is 0 Å². The average Bonchev–Trinajstić information content (AvgIpc) is 2.35. The number of likely N-dealkylation sites (N-methyl/N-ethyl adjacent to an activating group) is 1. The minimum Gasteiger partial charge on any atom is -0.383 e. The van der Waals surface area contributed by atoms with E-state index in [9.17, 15) is 8.42 Å². The highest BCUT2D eigenvalue weighted by Crippen LogP contribution is 2.19. The van der Waals surface area contributed by atoms with Gasteiger partial charge >= 0.3 is 0 Å². The summed E-state index contributed by atoms with van der Waals surface area (Å²) >= 11 is 0. The van der Waals surface area contributed by atoms with Crippen LogP contribution >= 0.6 is 0 Å². The fourth-order valence-corrected chi connectivity index (χ4v) is 2.80. The summed E-state index contributed by atoms with van der Waals surface area (Å²) in [6, 6.07) is 6.92. The fraction of sp³-hybridized carbons (Fsp3) is 0.500. The maximum absolute atomic E-state index is 12.0. The maximum Gasteiger partial charge on any atom is 0.242 e. The first-order valence-electron chi connectivity index (χ1n) is 6.15. The largest absolute Gasteiger partial charge is 0.383 e. The van der Waals surface area contributed by atoms with Crippen molar-refractivity contribution in [3.05, 3.63) is 24.3 Å². The molecule has 0 saturated carbocycles. The van der Waals surface area contributed by atoms with Crippen LogP contribution in [0.2, 0.25) is 0 Å². The Hall–Kier alpha value is -1.11. The molecule has 3 N–H and O–H groups in total. The molecule has 5 nitrogen and oxygen atoms in total. The minimum absolute atomic E-state index is 0.295. The van der Waals surface area contributed by atoms with E-state index >= 15 is 0 Å². The quantitative estimate of drug-likeness (QED) is 0.617. The molecule has 0 saturated heterocycles. The van der Waals surface area contributed by atoms with Crippen LogP contribution in [0.1, 0.15) is 13.8 Å². The van der Waals surface area contributed by atoms with Gasteiger partial charge < -0.3 is 10.6 Å². The third-order valence-corrected chi connectivity index (χ3v) is 3.98. The molecule has 0 bridgehead atoms. The lowest BCUT2D eigenvalue weighted by molar-refractivity contribution is 0.584. The summed E-state index contributed by atoms with van der Waals surface area (Å²) < 4.78 is 26.4. The molecule has 0 heterocycles. The number of rotatable bonds is 8. The zero-order chi connectivity index (χ0) is 13.4. The van der Waals surface area contributed by atoms with Crippen molar-refractivity contribution in [1.82, 2.24) is 10.0 Å². The van der Waals surface area contributed by atoms with Crippen LogP contribution in [0.5, 0.6) is 0 Å². The molecule has 0 aliphatic heterocycles. The third kappa shape index (κ3) is 4.29. The molecule has 1 rings (SSSR count). The highest BCUT2D eigenvalue weighted by Gasteiger charge is 2.16. The molecule has 0 aliphatic carbocycles. The summed E-state index contributed by atoms with van der Waals surface area (Å²) in [6.45, 7) is 6.56. The Balaban J connectivity index is 2.80. The molecule has 0 radical (unpaired) electrons. The SMILES string of the molecule is CCNCCNc1ccccc1S(=O)(=O)NCC. The van der Waals surface area contributed by atoms with Crippen molar-refractivity contribution in [2.75, 3.05) is 31.5 Å². The minimum atomic E-state index is -3.42. The van der Waals surface area contributed by atoms with E-state index < -0.39 is 10.0 Å². The Kier molecular flexibility index (Phi) is 6.11. The molecular formula is C12H21N3O2S. The normalized spacial score (nSPS) is 11.4. The van der Waals surface area contributed by atoms with Crippen molar-refractivity contribution in [3.8, 4) is 0 Å². The Morgan fingerprint density at radius 2 is 1.78 bits per heavy atom. The summed E-state index contributed by atoms with van der Waals surface area (Å²) in [4.78, 5) is 0.295. The van der Waals surface area contributed by atoms with Crippen LogP contribution in [-0.2, 0) is 10.0 Å². The molecule has 1 aromatic rings. The lowest BCUT2D eigenvalue weighted by atomic mass is 10.3. The first-order chi connectivity index (χ1) is 8.61. The molecule has 0 aliphatic rings. The van der Waals surface area contributed by atoms with Crippen LogP contribution < -0.4 is 15.4 Å². The predicted molar refractivity (Wildman–Crippen MR) is 74.3 cm³/mol. The van der Waals surface area contributed by atoms with Crippen molar-refractivity contribution in [2.45, 2.75) is 18.7 Å². The van der Waals surface area contributed by atoms with Gasteiger partial charge in [0.05, 0.1) is 5.69 Å². The van der Waals surface area contributed by atoms with Crippen LogP contribution in [0.25, 0.3) is 0 Å². The zero-order valence-electron chi connectivity index (χ0n) is 10.9. The topological polar surface area (TPSA) is 70.2 Å². The van der Waals surface area contributed by atoms with Gasteiger partial charge in [-0.2, -0.15) is 0 Å². The molecule has 0 unspecified atom stereocenters. The Bertz CT molecular complexity index is 460. The van der Waals surface area contributed by atoms with Gasteiger partial charge in [0.1, 0.15) is 4.90 Å². The first kappa shape index (κ1) is 14.9. The lowest BCUT2D eigenvalue weighted by Gasteiger charge is -2.12. The van der Waals surface area contributed by atoms with E-state index in [1.54, 1.807) is 25.1 Å². The monoisotopic (exact) mass is 271 g/mol. The molecule has 6 heteroatoms. The summed E-state index contributed by atoms with van der Waals surface area (Å²) in [6.07, 6.45) is 0. The number of benzene rings is 1. The van der Waals surface area contributed by atoms with Gasteiger partial charge in [0, 0.05) is 19.6 Å². The molecule has 18 heavy (non-hydrogen) atoms. The Morgan fingerprint density at radius 3 is 2.44 bits per heavy atom. The van der Waals surface area contributed by atoms with Crippen molar-refractivity contribution < 1.29 is 8.42 Å². The summed E-state index contributed by atoms with van der Waals surface area (Å²) in [5, 5.41) is 6.31. The second kappa shape index (κ2) is 7.35. The van der Waals surface area contributed by atoms with E-state index in [0.717, 1.165) is 13.1 Å². The second-order valence-electron chi connectivity index (χ2n) is 3.78. The van der Waals surface area contributed by atoms with E-state index in [2.05, 4.69) is 15.4 Å². The van der Waals surface area contributed by atoms with Crippen molar-refractivity contribution >= 4 is 15.7 Å². The number of anilines is 1. The van der Waals surface area contributed by atoms with E-state index in [4.69, 9.17) is 0 Å². The number of hydrogen-bond acceptors (Lipinski definition) is 4. The Morgan fingerprint density at radius 1 is 1.06 bits per heavy atom. The molecule has 0 amide bonds. The second-order valence-corrected chi connectivity index (χ2v) is 5.51. The van der Waals surface area contributed by atoms with Gasteiger partial charge in [-0.25, -0.2) is 13.1 Å². The van der Waals surface area contributed by atoms with Gasteiger partial charge in [0.2, 0.25) is 10.0 Å². The Labute approximate surface area is 109 Å². The molecule has 102 valence electrons. The number of nitrogens with one attached hydrogen (secondary N) is 3. The highest BCUT2D eigenvalue weighted by atomic mass is 32.2. The molecule has 0 atom stereocenters. The van der Waals surface area contributed by atoms with Crippen LogP contribution in [0.3, 0.4) is 0 Å². The molecule has 1 aromatic carbocycles. The molecule has 0 fully saturated rings.